The Morgan fingerprint density at radius 3 is 2.56 bits per heavy atom. The van der Waals surface area contributed by atoms with E-state index in [1.807, 2.05) is 6.07 Å². The zero-order valence-corrected chi connectivity index (χ0v) is 9.96. The molecule has 0 aromatic heterocycles. The second-order valence-electron chi connectivity index (χ2n) is 3.98. The molecular formula is C13H19N3. The summed E-state index contributed by atoms with van der Waals surface area (Å²) in [6, 6.07) is 7.43. The molecule has 3 N–H and O–H groups in total. The van der Waals surface area contributed by atoms with Crippen molar-refractivity contribution in [2.45, 2.75) is 26.7 Å². The zero-order valence-electron chi connectivity index (χ0n) is 9.96. The minimum Gasteiger partial charge on any atom is -0.397 e. The Morgan fingerprint density at radius 2 is 2.06 bits per heavy atom. The van der Waals surface area contributed by atoms with Crippen LogP contribution in [0.1, 0.15) is 32.3 Å². The highest BCUT2D eigenvalue weighted by Gasteiger charge is 2.05. The van der Waals surface area contributed by atoms with Gasteiger partial charge >= 0.3 is 0 Å². The Bertz CT molecular complexity index is 375. The van der Waals surface area contributed by atoms with E-state index in [-0.39, 0.29) is 0 Å². The third-order valence-electron chi connectivity index (χ3n) is 2.92. The van der Waals surface area contributed by atoms with Crippen molar-refractivity contribution < 1.29 is 0 Å². The summed E-state index contributed by atoms with van der Waals surface area (Å²) in [6.07, 6.45) is 2.33. The van der Waals surface area contributed by atoms with Crippen LogP contribution < -0.4 is 11.1 Å². The molecule has 3 nitrogen and oxygen atoms in total. The lowest BCUT2D eigenvalue weighted by molar-refractivity contribution is 0.519. The molecule has 0 saturated carbocycles. The maximum atomic E-state index is 8.72. The molecule has 16 heavy (non-hydrogen) atoms. The fraction of sp³-hybridized carbons (Fsp3) is 0.462. The molecule has 0 radical (unpaired) electrons. The van der Waals surface area contributed by atoms with Gasteiger partial charge in [-0.15, -0.1) is 0 Å². The molecule has 0 aliphatic heterocycles. The van der Waals surface area contributed by atoms with E-state index in [0.717, 1.165) is 12.2 Å². The fourth-order valence-electron chi connectivity index (χ4n) is 1.62. The Balaban J connectivity index is 2.65. The van der Waals surface area contributed by atoms with Crippen LogP contribution in [0.3, 0.4) is 0 Å². The van der Waals surface area contributed by atoms with Crippen LogP contribution >= 0.6 is 0 Å². The van der Waals surface area contributed by atoms with Crippen molar-refractivity contribution in [3.63, 3.8) is 0 Å². The summed E-state index contributed by atoms with van der Waals surface area (Å²) >= 11 is 0. The molecule has 1 rings (SSSR count). The summed E-state index contributed by atoms with van der Waals surface area (Å²) in [5.41, 5.74) is 8.02. The van der Waals surface area contributed by atoms with Crippen LogP contribution in [0.2, 0.25) is 0 Å². The molecule has 0 spiro atoms. The van der Waals surface area contributed by atoms with Gasteiger partial charge in [0.2, 0.25) is 0 Å². The van der Waals surface area contributed by atoms with Crippen molar-refractivity contribution in [2.75, 3.05) is 17.6 Å². The lowest BCUT2D eigenvalue weighted by Gasteiger charge is -2.15. The molecule has 1 aromatic carbocycles. The first-order chi connectivity index (χ1) is 7.71. The van der Waals surface area contributed by atoms with Crippen molar-refractivity contribution in [2.24, 2.45) is 5.92 Å². The second kappa shape index (κ2) is 6.02. The van der Waals surface area contributed by atoms with Gasteiger partial charge in [0.25, 0.3) is 0 Å². The average Bonchev–Trinajstić information content (AvgIpc) is 2.32. The molecule has 0 unspecified atom stereocenters. The number of nitrogens with zero attached hydrogens (tertiary/aromatic N) is 1. The number of anilines is 2. The van der Waals surface area contributed by atoms with Crippen molar-refractivity contribution in [3.8, 4) is 6.07 Å². The highest BCUT2D eigenvalue weighted by atomic mass is 14.9. The average molecular weight is 217 g/mol. The Morgan fingerprint density at radius 1 is 1.38 bits per heavy atom. The van der Waals surface area contributed by atoms with Crippen molar-refractivity contribution in [3.05, 3.63) is 23.8 Å². The van der Waals surface area contributed by atoms with Gasteiger partial charge in [-0.1, -0.05) is 26.7 Å². The van der Waals surface area contributed by atoms with Gasteiger partial charge in [-0.05, 0) is 24.1 Å². The molecule has 0 aliphatic carbocycles. The van der Waals surface area contributed by atoms with Crippen LogP contribution in [-0.2, 0) is 0 Å². The molecule has 0 heterocycles. The Kier molecular flexibility index (Phi) is 4.65. The molecule has 0 bridgehead atoms. The fourth-order valence-corrected chi connectivity index (χ4v) is 1.62. The summed E-state index contributed by atoms with van der Waals surface area (Å²) in [5.74, 6) is 0.676. The van der Waals surface area contributed by atoms with Crippen LogP contribution in [0.15, 0.2) is 18.2 Å². The van der Waals surface area contributed by atoms with Crippen LogP contribution in [0.5, 0.6) is 0 Å². The van der Waals surface area contributed by atoms with E-state index in [0.29, 0.717) is 17.2 Å². The first kappa shape index (κ1) is 12.4. The third kappa shape index (κ3) is 3.16. The van der Waals surface area contributed by atoms with E-state index in [4.69, 9.17) is 11.0 Å². The first-order valence-corrected chi connectivity index (χ1v) is 5.74. The van der Waals surface area contributed by atoms with Crippen molar-refractivity contribution >= 4 is 11.4 Å². The quantitative estimate of drug-likeness (QED) is 0.745. The van der Waals surface area contributed by atoms with Crippen LogP contribution in [0.4, 0.5) is 11.4 Å². The van der Waals surface area contributed by atoms with E-state index in [1.54, 1.807) is 12.1 Å². The number of hydrogen-bond acceptors (Lipinski definition) is 3. The summed E-state index contributed by atoms with van der Waals surface area (Å²) < 4.78 is 0. The normalized spacial score (nSPS) is 10.1. The predicted octanol–water partition coefficient (Wildman–Crippen LogP) is 2.99. The van der Waals surface area contributed by atoms with Gasteiger partial charge in [0.15, 0.2) is 0 Å². The lowest BCUT2D eigenvalue weighted by Crippen LogP contribution is -2.13. The molecule has 3 heteroatoms. The molecule has 0 amide bonds. The minimum atomic E-state index is 0.602. The van der Waals surface area contributed by atoms with Crippen LogP contribution in [0, 0.1) is 17.2 Å². The number of rotatable bonds is 5. The third-order valence-corrected chi connectivity index (χ3v) is 2.92. The summed E-state index contributed by atoms with van der Waals surface area (Å²) in [5, 5.41) is 12.1. The minimum absolute atomic E-state index is 0.602. The number of nitrogen functional groups attached to an aromatic ring is 1. The summed E-state index contributed by atoms with van der Waals surface area (Å²) in [4.78, 5) is 0. The number of hydrogen-bond donors (Lipinski definition) is 2. The summed E-state index contributed by atoms with van der Waals surface area (Å²) in [6.45, 7) is 5.32. The van der Waals surface area contributed by atoms with Gasteiger partial charge in [-0.2, -0.15) is 5.26 Å². The smallest absolute Gasteiger partial charge is 0.0992 e. The Labute approximate surface area is 97.3 Å². The standard InChI is InChI=1S/C13H19N3/c1-3-10(4-2)9-16-13-6-5-11(8-14)7-12(13)15/h5-7,10,16H,3-4,9,15H2,1-2H3. The predicted molar refractivity (Wildman–Crippen MR) is 68.1 cm³/mol. The van der Waals surface area contributed by atoms with Gasteiger partial charge in [0.05, 0.1) is 23.0 Å². The van der Waals surface area contributed by atoms with Gasteiger partial charge in [0, 0.05) is 6.54 Å². The van der Waals surface area contributed by atoms with Crippen molar-refractivity contribution in [1.82, 2.24) is 0 Å². The molecule has 0 saturated heterocycles. The van der Waals surface area contributed by atoms with Crippen LogP contribution in [0.25, 0.3) is 0 Å². The van der Waals surface area contributed by atoms with E-state index in [9.17, 15) is 0 Å². The molecule has 1 aromatic rings. The number of nitrogens with two attached hydrogens (primary N) is 1. The van der Waals surface area contributed by atoms with E-state index in [2.05, 4.69) is 25.2 Å². The maximum Gasteiger partial charge on any atom is 0.0992 e. The number of nitrogens with one attached hydrogen (secondary N) is 1. The summed E-state index contributed by atoms with van der Waals surface area (Å²) in [7, 11) is 0. The zero-order chi connectivity index (χ0) is 12.0. The van der Waals surface area contributed by atoms with Gasteiger partial charge < -0.3 is 11.1 Å². The highest BCUT2D eigenvalue weighted by Crippen LogP contribution is 2.20. The molecule has 0 atom stereocenters. The first-order valence-electron chi connectivity index (χ1n) is 5.74. The largest absolute Gasteiger partial charge is 0.397 e. The topological polar surface area (TPSA) is 61.8 Å². The molecular weight excluding hydrogens is 198 g/mol. The van der Waals surface area contributed by atoms with E-state index < -0.39 is 0 Å². The van der Waals surface area contributed by atoms with Gasteiger partial charge in [-0.3, -0.25) is 0 Å². The molecule has 0 fully saturated rings. The number of benzene rings is 1. The second-order valence-corrected chi connectivity index (χ2v) is 3.98. The van der Waals surface area contributed by atoms with Gasteiger partial charge in [-0.25, -0.2) is 0 Å². The monoisotopic (exact) mass is 217 g/mol. The molecule has 0 aliphatic rings. The lowest BCUT2D eigenvalue weighted by atomic mass is 10.0. The Hall–Kier alpha value is -1.69. The highest BCUT2D eigenvalue weighted by molar-refractivity contribution is 5.68. The van der Waals surface area contributed by atoms with E-state index >= 15 is 0 Å². The molecule has 86 valence electrons. The maximum absolute atomic E-state index is 8.72. The van der Waals surface area contributed by atoms with Gasteiger partial charge in [0.1, 0.15) is 0 Å². The van der Waals surface area contributed by atoms with Crippen molar-refractivity contribution in [1.29, 1.82) is 5.26 Å². The number of nitriles is 1. The SMILES string of the molecule is CCC(CC)CNc1ccc(C#N)cc1N. The van der Waals surface area contributed by atoms with Crippen LogP contribution in [-0.4, -0.2) is 6.54 Å². The van der Waals surface area contributed by atoms with E-state index in [1.165, 1.54) is 12.8 Å².